The molecule has 5 N–H and O–H groups in total. The number of alkyl halides is 2. The number of halogens is 4. The number of aryl methyl sites for hydroxylation is 1. The third kappa shape index (κ3) is 21.2. The van der Waals surface area contributed by atoms with E-state index in [9.17, 15) is 41.5 Å². The summed E-state index contributed by atoms with van der Waals surface area (Å²) >= 11 is 2.68. The van der Waals surface area contributed by atoms with Crippen LogP contribution >= 0.6 is 22.7 Å². The third-order valence-corrected chi connectivity index (χ3v) is 20.5. The molecule has 5 amide bonds. The second kappa shape index (κ2) is 37.1. The van der Waals surface area contributed by atoms with Gasteiger partial charge in [-0.05, 0) is 121 Å². The van der Waals surface area contributed by atoms with Crippen LogP contribution in [0.25, 0.3) is 28.6 Å². The summed E-state index contributed by atoms with van der Waals surface area (Å²) in [5.74, 6) is -1.80. The van der Waals surface area contributed by atoms with Gasteiger partial charge in [0.2, 0.25) is 17.7 Å². The molecule has 0 radical (unpaired) electrons. The number of anilines is 3. The molecule has 26 heteroatoms. The minimum atomic E-state index is -3.02. The van der Waals surface area contributed by atoms with E-state index in [1.165, 1.54) is 37.1 Å². The first-order valence-corrected chi connectivity index (χ1v) is 38.1. The minimum Gasteiger partial charge on any atom is -0.492 e. The van der Waals surface area contributed by atoms with Gasteiger partial charge in [-0.3, -0.25) is 33.8 Å². The number of thiophene rings is 1. The fourth-order valence-corrected chi connectivity index (χ4v) is 14.7. The molecule has 5 aliphatic rings. The number of nitrogens with zero attached hydrogens (tertiary/aromatic N) is 8. The van der Waals surface area contributed by atoms with Gasteiger partial charge in [-0.15, -0.1) is 0 Å². The Labute approximate surface area is 638 Å². The maximum Gasteiger partial charge on any atom is 0.270 e. The molecule has 4 aliphatic heterocycles. The maximum atomic E-state index is 13.6. The van der Waals surface area contributed by atoms with Crippen molar-refractivity contribution in [3.8, 4) is 34.0 Å². The average molecular weight is 1520 g/mol. The average Bonchev–Trinajstić information content (AvgIpc) is 1.67. The number of ether oxygens (including phenoxy) is 2. The highest BCUT2D eigenvalue weighted by atomic mass is 32.1. The summed E-state index contributed by atoms with van der Waals surface area (Å²) in [5, 5.41) is 18.3. The predicted octanol–water partition coefficient (Wildman–Crippen LogP) is 14.6. The summed E-state index contributed by atoms with van der Waals surface area (Å²) in [5.41, 5.74) is 7.70. The molecular weight excluding hydrogens is 1430 g/mol. The van der Waals surface area contributed by atoms with Gasteiger partial charge in [-0.25, -0.2) is 37.5 Å². The quantitative estimate of drug-likeness (QED) is 0.0422. The molecule has 0 bridgehead atoms. The Bertz CT molecular complexity index is 4830. The Morgan fingerprint density at radius 2 is 1.49 bits per heavy atom. The molecule has 109 heavy (non-hydrogen) atoms. The van der Waals surface area contributed by atoms with Crippen LogP contribution in [0.15, 0.2) is 205 Å². The molecular formula is C83H85F4N13O7S2. The summed E-state index contributed by atoms with van der Waals surface area (Å²) in [6, 6.07) is 46.6. The van der Waals surface area contributed by atoms with E-state index in [1.54, 1.807) is 23.7 Å². The normalized spacial score (nSPS) is 15.5. The van der Waals surface area contributed by atoms with Crippen molar-refractivity contribution in [3.05, 3.63) is 261 Å². The van der Waals surface area contributed by atoms with Crippen molar-refractivity contribution in [2.24, 2.45) is 5.92 Å². The van der Waals surface area contributed by atoms with E-state index in [-0.39, 0.29) is 47.7 Å². The topological polar surface area (TPSA) is 230 Å². The van der Waals surface area contributed by atoms with E-state index in [1.807, 2.05) is 133 Å². The van der Waals surface area contributed by atoms with Crippen molar-refractivity contribution in [1.29, 1.82) is 0 Å². The van der Waals surface area contributed by atoms with Gasteiger partial charge in [0.05, 0.1) is 42.6 Å². The number of fused-ring (bicyclic) bond motifs is 2. The van der Waals surface area contributed by atoms with Gasteiger partial charge in [0.25, 0.3) is 17.7 Å². The van der Waals surface area contributed by atoms with E-state index in [0.717, 1.165) is 152 Å². The number of para-hydroxylation sites is 3. The molecule has 1 aliphatic carbocycles. The van der Waals surface area contributed by atoms with Crippen LogP contribution in [0.4, 0.5) is 34.2 Å². The molecule has 15 rings (SSSR count). The number of rotatable bonds is 21. The second-order valence-electron chi connectivity index (χ2n) is 26.7. The first-order chi connectivity index (χ1) is 52.9. The van der Waals surface area contributed by atoms with Crippen molar-refractivity contribution in [3.63, 3.8) is 0 Å². The van der Waals surface area contributed by atoms with Crippen molar-refractivity contribution in [1.82, 2.24) is 50.3 Å². The number of amides is 5. The highest BCUT2D eigenvalue weighted by molar-refractivity contribution is 7.17. The Morgan fingerprint density at radius 1 is 0.752 bits per heavy atom. The zero-order chi connectivity index (χ0) is 76.2. The molecule has 3 fully saturated rings. The van der Waals surface area contributed by atoms with Crippen LogP contribution in [0.1, 0.15) is 106 Å². The molecule has 6 aromatic carbocycles. The summed E-state index contributed by atoms with van der Waals surface area (Å²) in [7, 11) is 0. The van der Waals surface area contributed by atoms with Gasteiger partial charge < -0.3 is 45.5 Å². The van der Waals surface area contributed by atoms with Crippen LogP contribution in [0.2, 0.25) is 0 Å². The van der Waals surface area contributed by atoms with Crippen molar-refractivity contribution < 1.29 is 51.0 Å². The van der Waals surface area contributed by atoms with E-state index in [0.29, 0.717) is 71.5 Å². The van der Waals surface area contributed by atoms with Crippen LogP contribution < -0.4 is 41.0 Å². The molecule has 4 aromatic heterocycles. The Balaban J connectivity index is 0.000000137. The first-order valence-electron chi connectivity index (χ1n) is 36.4. The molecule has 1 unspecified atom stereocenters. The van der Waals surface area contributed by atoms with Crippen LogP contribution in [-0.4, -0.2) is 129 Å². The minimum absolute atomic E-state index is 0.00144. The lowest BCUT2D eigenvalue weighted by atomic mass is 9.96. The number of thiazole rings is 1. The highest BCUT2D eigenvalue weighted by Gasteiger charge is 2.32. The molecule has 10 aromatic rings. The van der Waals surface area contributed by atoms with E-state index < -0.39 is 34.9 Å². The second-order valence-corrected chi connectivity index (χ2v) is 28.5. The van der Waals surface area contributed by atoms with Crippen molar-refractivity contribution >= 4 is 74.9 Å². The lowest BCUT2D eigenvalue weighted by Crippen LogP contribution is -2.49. The van der Waals surface area contributed by atoms with Gasteiger partial charge in [0.1, 0.15) is 57.3 Å². The zero-order valence-electron chi connectivity index (χ0n) is 60.5. The number of carbonyl (C=O) groups is 5. The number of imidazole rings is 1. The number of piperidine rings is 1. The van der Waals surface area contributed by atoms with E-state index in [4.69, 9.17) is 9.47 Å². The van der Waals surface area contributed by atoms with Gasteiger partial charge in [0, 0.05) is 119 Å². The fraction of sp³-hybridized carbons (Fsp3) is 0.289. The summed E-state index contributed by atoms with van der Waals surface area (Å²) in [6.45, 7) is 15.6. The predicted molar refractivity (Wildman–Crippen MR) is 416 cm³/mol. The largest absolute Gasteiger partial charge is 0.492 e. The number of carbonyl (C=O) groups excluding carboxylic acids is 5. The Kier molecular flexibility index (Phi) is 26.3. The van der Waals surface area contributed by atoms with Crippen LogP contribution in [-0.2, 0) is 46.2 Å². The molecule has 1 atom stereocenters. The number of hydrogen-bond acceptors (Lipinski definition) is 16. The van der Waals surface area contributed by atoms with E-state index in [2.05, 4.69) is 90.6 Å². The number of aromatic nitrogens is 5. The third-order valence-electron chi connectivity index (χ3n) is 18.8. The van der Waals surface area contributed by atoms with Gasteiger partial charge in [-0.1, -0.05) is 133 Å². The first kappa shape index (κ1) is 77.4. The number of hydrogen-bond donors (Lipinski definition) is 5. The summed E-state index contributed by atoms with van der Waals surface area (Å²) in [4.78, 5) is 86.8. The number of piperazine rings is 1. The molecule has 1 saturated carbocycles. The van der Waals surface area contributed by atoms with E-state index >= 15 is 0 Å². The SMILES string of the molecule is C=C1Oc2ccccc2C=C1NC(=O)C1CCCN(c2cc(C3CC3)ncn2)C1.CC(F)(F)c1ccccc1CC(=O)Nc1nc2c(s1)C(=O)NCCC2.CCOc1ccccc1NC(=O)CN1CCN(CCn2ccnc2-c2ccccc2)CC1.O=C(NCc1ccccc1-c1ccsc1)c1c(F)cccc1F. The summed E-state index contributed by atoms with van der Waals surface area (Å²) in [6.07, 6.45) is 13.0. The van der Waals surface area contributed by atoms with Crippen molar-refractivity contribution in [2.75, 3.05) is 81.0 Å². The maximum absolute atomic E-state index is 13.6. The van der Waals surface area contributed by atoms with Gasteiger partial charge in [0.15, 0.2) is 5.13 Å². The standard InChI is InChI=1S/C25H31N5O2.C23H24N4O2.C18H13F2NOS.C17H17F2N3O2S/c1-2-32-23-11-7-6-10-22(23)27-24(31)20-29-16-14-28(15-17-29)18-19-30-13-12-26-25(30)21-8-4-3-5-9-21;1-15-19(11-17-5-2-3-7-21(17)29-15)26-23(28)18-6-4-10-27(13-18)22-12-20(16-8-9-16)24-14-25-22;19-15-6-3-7-16(20)17(15)18(22)21-10-12-4-1-2-5-14(12)13-8-9-23-11-13;1-17(18,19)11-6-3-2-5-10(11)9-13(23)22-16-21-12-7-4-8-20-15(24)14(12)25-16/h3-13H,2,14-20H2,1H3,(H,27,31);2-3,5,7,11-12,14,16,18H,1,4,6,8-10,13H2,(H,26,28);1-9,11H,10H2,(H,21,22);2-3,5-6H,4,7-9H2,1H3,(H,20,24)(H,21,22,23). The monoisotopic (exact) mass is 1520 g/mol. The molecule has 2 saturated heterocycles. The van der Waals surface area contributed by atoms with Crippen LogP contribution in [0.5, 0.6) is 11.5 Å². The van der Waals surface area contributed by atoms with Gasteiger partial charge >= 0.3 is 0 Å². The van der Waals surface area contributed by atoms with Crippen LogP contribution in [0, 0.1) is 17.6 Å². The Hall–Kier alpha value is -11.2. The lowest BCUT2D eigenvalue weighted by Gasteiger charge is -2.34. The van der Waals surface area contributed by atoms with Crippen LogP contribution in [0.3, 0.4) is 0 Å². The summed E-state index contributed by atoms with van der Waals surface area (Å²) < 4.78 is 68.1. The smallest absolute Gasteiger partial charge is 0.270 e. The van der Waals surface area contributed by atoms with Crippen molar-refractivity contribution in [2.45, 2.75) is 83.7 Å². The Morgan fingerprint density at radius 3 is 2.26 bits per heavy atom. The zero-order valence-corrected chi connectivity index (χ0v) is 62.2. The lowest BCUT2D eigenvalue weighted by molar-refractivity contribution is -0.124. The molecule has 0 spiro atoms. The van der Waals surface area contributed by atoms with Gasteiger partial charge in [-0.2, -0.15) is 11.3 Å². The molecule has 8 heterocycles. The number of nitrogens with one attached hydrogen (secondary N) is 5. The number of benzene rings is 6. The fourth-order valence-electron chi connectivity index (χ4n) is 13.1. The molecule has 20 nitrogen and oxygen atoms in total. The highest BCUT2D eigenvalue weighted by Crippen LogP contribution is 2.40. The molecule has 564 valence electrons.